The third-order valence-electron chi connectivity index (χ3n) is 3.48. The molecule has 0 bridgehead atoms. The van der Waals surface area contributed by atoms with Crippen molar-refractivity contribution in [2.24, 2.45) is 0 Å². The third-order valence-corrected chi connectivity index (χ3v) is 5.34. The Hall–Kier alpha value is -2.27. The van der Waals surface area contributed by atoms with Gasteiger partial charge >= 0.3 is 0 Å². The van der Waals surface area contributed by atoms with Crippen LogP contribution in [0.3, 0.4) is 0 Å². The van der Waals surface area contributed by atoms with Crippen molar-refractivity contribution in [1.82, 2.24) is 14.2 Å². The van der Waals surface area contributed by atoms with Crippen LogP contribution in [-0.2, 0) is 16.6 Å². The molecule has 2 rings (SSSR count). The van der Waals surface area contributed by atoms with Crippen LogP contribution >= 0.6 is 0 Å². The van der Waals surface area contributed by atoms with Crippen molar-refractivity contribution in [3.8, 4) is 6.07 Å². The van der Waals surface area contributed by atoms with Crippen molar-refractivity contribution in [2.75, 3.05) is 27.2 Å². The number of benzene rings is 1. The molecule has 0 spiro atoms. The van der Waals surface area contributed by atoms with Crippen LogP contribution in [0.15, 0.2) is 53.6 Å². The number of nitrogens with zero attached hydrogens (tertiary/aromatic N) is 4. The molecule has 6 nitrogen and oxygen atoms in total. The van der Waals surface area contributed by atoms with Crippen LogP contribution < -0.4 is 0 Å². The van der Waals surface area contributed by atoms with Gasteiger partial charge in [0, 0.05) is 19.3 Å². The highest BCUT2D eigenvalue weighted by Crippen LogP contribution is 2.18. The van der Waals surface area contributed by atoms with Crippen LogP contribution in [0.2, 0.25) is 0 Å². The Kier molecular flexibility index (Phi) is 6.04. The van der Waals surface area contributed by atoms with Crippen molar-refractivity contribution in [3.05, 3.63) is 59.9 Å². The van der Waals surface area contributed by atoms with Crippen LogP contribution in [0.4, 0.5) is 0 Å². The summed E-state index contributed by atoms with van der Waals surface area (Å²) in [5, 5.41) is 8.86. The lowest BCUT2D eigenvalue weighted by Gasteiger charge is -2.23. The first-order valence-electron chi connectivity index (χ1n) is 7.48. The molecule has 7 heteroatoms. The molecule has 0 aliphatic rings. The fraction of sp³-hybridized carbons (Fsp3) is 0.294. The predicted molar refractivity (Wildman–Crippen MR) is 91.5 cm³/mol. The van der Waals surface area contributed by atoms with Gasteiger partial charge in [0.2, 0.25) is 10.0 Å². The van der Waals surface area contributed by atoms with E-state index in [1.807, 2.05) is 31.1 Å². The fourth-order valence-corrected chi connectivity index (χ4v) is 3.52. The third kappa shape index (κ3) is 4.61. The van der Waals surface area contributed by atoms with E-state index in [9.17, 15) is 8.42 Å². The lowest BCUT2D eigenvalue weighted by atomic mass is 10.2. The van der Waals surface area contributed by atoms with E-state index < -0.39 is 10.0 Å². The molecule has 0 aliphatic carbocycles. The molecule has 1 heterocycles. The second-order valence-corrected chi connectivity index (χ2v) is 7.54. The summed E-state index contributed by atoms with van der Waals surface area (Å²) in [5.41, 5.74) is 1.12. The second kappa shape index (κ2) is 8.02. The van der Waals surface area contributed by atoms with E-state index in [1.54, 1.807) is 18.3 Å². The van der Waals surface area contributed by atoms with Gasteiger partial charge in [-0.2, -0.15) is 9.57 Å². The summed E-state index contributed by atoms with van der Waals surface area (Å²) in [4.78, 5) is 6.32. The molecule has 0 aliphatic heterocycles. The zero-order valence-corrected chi connectivity index (χ0v) is 14.6. The van der Waals surface area contributed by atoms with Gasteiger partial charge in [-0.1, -0.05) is 6.07 Å². The smallest absolute Gasteiger partial charge is 0.243 e. The SMILES string of the molecule is CN(C)CCN(Cc1ccccn1)S(=O)(=O)c1ccc(C#N)cc1. The Bertz CT molecular complexity index is 797. The van der Waals surface area contributed by atoms with Crippen molar-refractivity contribution >= 4 is 10.0 Å². The minimum Gasteiger partial charge on any atom is -0.308 e. The maximum atomic E-state index is 12.9. The highest BCUT2D eigenvalue weighted by molar-refractivity contribution is 7.89. The summed E-state index contributed by atoms with van der Waals surface area (Å²) in [7, 11) is 0.130. The molecular weight excluding hydrogens is 324 g/mol. The van der Waals surface area contributed by atoms with E-state index in [4.69, 9.17) is 5.26 Å². The summed E-state index contributed by atoms with van der Waals surface area (Å²) < 4.78 is 27.3. The van der Waals surface area contributed by atoms with Crippen LogP contribution in [0, 0.1) is 11.3 Å². The van der Waals surface area contributed by atoms with E-state index in [0.29, 0.717) is 24.3 Å². The molecule has 1 aromatic heterocycles. The van der Waals surface area contributed by atoms with Gasteiger partial charge in [-0.3, -0.25) is 4.98 Å². The number of aromatic nitrogens is 1. The van der Waals surface area contributed by atoms with Crippen molar-refractivity contribution < 1.29 is 8.42 Å². The highest BCUT2D eigenvalue weighted by Gasteiger charge is 2.25. The van der Waals surface area contributed by atoms with E-state index in [0.717, 1.165) is 0 Å². The minimum atomic E-state index is -3.66. The van der Waals surface area contributed by atoms with Gasteiger partial charge in [-0.25, -0.2) is 8.42 Å². The first-order chi connectivity index (χ1) is 11.4. The molecule has 0 fully saturated rings. The molecule has 0 saturated carbocycles. The normalized spacial score (nSPS) is 11.6. The Balaban J connectivity index is 2.30. The Morgan fingerprint density at radius 3 is 2.33 bits per heavy atom. The van der Waals surface area contributed by atoms with Gasteiger partial charge in [0.1, 0.15) is 0 Å². The number of pyridine rings is 1. The average Bonchev–Trinajstić information content (AvgIpc) is 2.59. The monoisotopic (exact) mass is 344 g/mol. The van der Waals surface area contributed by atoms with E-state index in [-0.39, 0.29) is 11.4 Å². The topological polar surface area (TPSA) is 77.3 Å². The predicted octanol–water partition coefficient (Wildman–Crippen LogP) is 1.71. The number of hydrogen-bond acceptors (Lipinski definition) is 5. The molecule has 126 valence electrons. The number of nitriles is 1. The molecule has 0 radical (unpaired) electrons. The quantitative estimate of drug-likeness (QED) is 0.764. The van der Waals surface area contributed by atoms with Crippen molar-refractivity contribution in [2.45, 2.75) is 11.4 Å². The second-order valence-electron chi connectivity index (χ2n) is 5.60. The maximum Gasteiger partial charge on any atom is 0.243 e. The average molecular weight is 344 g/mol. The van der Waals surface area contributed by atoms with E-state index in [1.165, 1.54) is 28.6 Å². The lowest BCUT2D eigenvalue weighted by Crippen LogP contribution is -2.36. The first kappa shape index (κ1) is 18.1. The van der Waals surface area contributed by atoms with Gasteiger partial charge in [0.15, 0.2) is 0 Å². The van der Waals surface area contributed by atoms with Gasteiger partial charge in [-0.15, -0.1) is 0 Å². The maximum absolute atomic E-state index is 12.9. The number of rotatable bonds is 7. The summed E-state index contributed by atoms with van der Waals surface area (Å²) in [6.45, 7) is 1.16. The van der Waals surface area contributed by atoms with Crippen LogP contribution in [0.5, 0.6) is 0 Å². The number of sulfonamides is 1. The molecule has 0 unspecified atom stereocenters. The van der Waals surface area contributed by atoms with E-state index >= 15 is 0 Å². The van der Waals surface area contributed by atoms with Gasteiger partial charge in [-0.05, 0) is 50.5 Å². The van der Waals surface area contributed by atoms with Gasteiger partial charge in [0.25, 0.3) is 0 Å². The fourth-order valence-electron chi connectivity index (χ4n) is 2.12. The van der Waals surface area contributed by atoms with Crippen molar-refractivity contribution in [1.29, 1.82) is 5.26 Å². The van der Waals surface area contributed by atoms with Gasteiger partial charge in [0.05, 0.1) is 28.8 Å². The lowest BCUT2D eigenvalue weighted by molar-refractivity contribution is 0.327. The molecule has 0 saturated heterocycles. The van der Waals surface area contributed by atoms with Crippen LogP contribution in [0.1, 0.15) is 11.3 Å². The molecule has 2 aromatic rings. The molecule has 0 atom stereocenters. The largest absolute Gasteiger partial charge is 0.308 e. The first-order valence-corrected chi connectivity index (χ1v) is 8.92. The Labute approximate surface area is 143 Å². The van der Waals surface area contributed by atoms with Crippen LogP contribution in [0.25, 0.3) is 0 Å². The van der Waals surface area contributed by atoms with Crippen LogP contribution in [-0.4, -0.2) is 49.8 Å². The zero-order chi connectivity index (χ0) is 17.6. The molecular formula is C17H20N4O2S. The summed E-state index contributed by atoms with van der Waals surface area (Å²) in [5.74, 6) is 0. The van der Waals surface area contributed by atoms with E-state index in [2.05, 4.69) is 4.98 Å². The summed E-state index contributed by atoms with van der Waals surface area (Å²) >= 11 is 0. The molecule has 0 N–H and O–H groups in total. The van der Waals surface area contributed by atoms with Crippen molar-refractivity contribution in [3.63, 3.8) is 0 Å². The molecule has 1 aromatic carbocycles. The Morgan fingerprint density at radius 2 is 1.79 bits per heavy atom. The number of hydrogen-bond donors (Lipinski definition) is 0. The number of likely N-dealkylation sites (N-methyl/N-ethyl adjacent to an activating group) is 1. The molecule has 0 amide bonds. The zero-order valence-electron chi connectivity index (χ0n) is 13.8. The summed E-state index contributed by atoms with van der Waals surface area (Å²) in [6, 6.07) is 13.4. The standard InChI is InChI=1S/C17H20N4O2S/c1-20(2)11-12-21(14-16-5-3-4-10-19-16)24(22,23)17-8-6-15(13-18)7-9-17/h3-10H,11-12,14H2,1-2H3. The minimum absolute atomic E-state index is 0.177. The summed E-state index contributed by atoms with van der Waals surface area (Å²) in [6.07, 6.45) is 1.65. The molecule has 24 heavy (non-hydrogen) atoms. The van der Waals surface area contributed by atoms with Gasteiger partial charge < -0.3 is 4.90 Å². The Morgan fingerprint density at radius 1 is 1.08 bits per heavy atom. The highest BCUT2D eigenvalue weighted by atomic mass is 32.2.